The predicted molar refractivity (Wildman–Crippen MR) is 192 cm³/mol. The SMILES string of the molecule is COc1cc(C2CC(c3cc(CO)c(CO)c(CO)c3)=NO2)cc(OC)c1OCCCCOc1ccc(C2NC(=O)c3ccccc3N2)cc1CO. The smallest absolute Gasteiger partial charge is 0.255 e. The Labute approximate surface area is 301 Å². The van der Waals surface area contributed by atoms with Gasteiger partial charge in [-0.1, -0.05) is 23.4 Å². The molecule has 274 valence electrons. The van der Waals surface area contributed by atoms with Gasteiger partial charge in [-0.05, 0) is 83.6 Å². The highest BCUT2D eigenvalue weighted by molar-refractivity contribution is 6.02. The van der Waals surface area contributed by atoms with Gasteiger partial charge in [0.2, 0.25) is 5.75 Å². The van der Waals surface area contributed by atoms with Gasteiger partial charge in [0.05, 0.1) is 65.1 Å². The van der Waals surface area contributed by atoms with E-state index in [0.29, 0.717) is 94.6 Å². The van der Waals surface area contributed by atoms with Gasteiger partial charge in [-0.25, -0.2) is 0 Å². The molecule has 0 fully saturated rings. The van der Waals surface area contributed by atoms with Crippen molar-refractivity contribution in [3.05, 3.63) is 111 Å². The summed E-state index contributed by atoms with van der Waals surface area (Å²) in [5.74, 6) is 1.81. The fourth-order valence-corrected chi connectivity index (χ4v) is 6.38. The molecule has 2 aliphatic heterocycles. The Morgan fingerprint density at radius 2 is 1.42 bits per heavy atom. The third-order valence-electron chi connectivity index (χ3n) is 9.17. The zero-order chi connectivity index (χ0) is 36.6. The van der Waals surface area contributed by atoms with Crippen molar-refractivity contribution in [1.82, 2.24) is 5.32 Å². The number of anilines is 1. The zero-order valence-electron chi connectivity index (χ0n) is 29.1. The van der Waals surface area contributed by atoms with E-state index in [-0.39, 0.29) is 32.3 Å². The van der Waals surface area contributed by atoms with E-state index >= 15 is 0 Å². The highest BCUT2D eigenvalue weighted by Gasteiger charge is 2.28. The average molecular weight is 714 g/mol. The van der Waals surface area contributed by atoms with Gasteiger partial charge in [-0.15, -0.1) is 0 Å². The molecule has 0 bridgehead atoms. The fourth-order valence-electron chi connectivity index (χ4n) is 6.38. The summed E-state index contributed by atoms with van der Waals surface area (Å²) < 4.78 is 23.5. The number of oxime groups is 1. The Kier molecular flexibility index (Phi) is 11.8. The van der Waals surface area contributed by atoms with Gasteiger partial charge < -0.3 is 54.8 Å². The number of amides is 1. The van der Waals surface area contributed by atoms with E-state index in [1.165, 1.54) is 0 Å². The molecule has 4 aromatic carbocycles. The van der Waals surface area contributed by atoms with Crippen LogP contribution in [0.5, 0.6) is 23.0 Å². The van der Waals surface area contributed by atoms with Crippen LogP contribution in [0.1, 0.15) is 80.8 Å². The first-order valence-electron chi connectivity index (χ1n) is 17.0. The van der Waals surface area contributed by atoms with Gasteiger partial charge in [0.25, 0.3) is 5.91 Å². The molecular weight excluding hydrogens is 670 g/mol. The molecule has 0 saturated carbocycles. The summed E-state index contributed by atoms with van der Waals surface area (Å²) in [6.45, 7) is -0.309. The predicted octanol–water partition coefficient (Wildman–Crippen LogP) is 4.63. The molecule has 2 atom stereocenters. The summed E-state index contributed by atoms with van der Waals surface area (Å²) in [7, 11) is 3.10. The lowest BCUT2D eigenvalue weighted by atomic mass is 9.93. The lowest BCUT2D eigenvalue weighted by Crippen LogP contribution is -2.38. The minimum absolute atomic E-state index is 0.163. The zero-order valence-corrected chi connectivity index (χ0v) is 29.1. The topological polar surface area (TPSA) is 181 Å². The number of nitrogens with zero attached hydrogens (tertiary/aromatic N) is 1. The third kappa shape index (κ3) is 7.77. The molecule has 4 aromatic rings. The van der Waals surface area contributed by atoms with E-state index in [0.717, 1.165) is 16.8 Å². The Morgan fingerprint density at radius 3 is 2.08 bits per heavy atom. The molecule has 1 amide bonds. The van der Waals surface area contributed by atoms with Crippen molar-refractivity contribution in [2.45, 2.75) is 58.0 Å². The number of hydrogen-bond acceptors (Lipinski definition) is 12. The number of unbranched alkanes of at least 4 members (excludes halogenated alkanes) is 1. The number of nitrogens with one attached hydrogen (secondary N) is 2. The first kappa shape index (κ1) is 36.5. The van der Waals surface area contributed by atoms with E-state index in [1.807, 2.05) is 42.5 Å². The quantitative estimate of drug-likeness (QED) is 0.0892. The molecule has 0 aliphatic carbocycles. The maximum absolute atomic E-state index is 12.6. The minimum Gasteiger partial charge on any atom is -0.493 e. The van der Waals surface area contributed by atoms with E-state index in [4.69, 9.17) is 23.8 Å². The van der Waals surface area contributed by atoms with Crippen LogP contribution in [-0.4, -0.2) is 59.5 Å². The van der Waals surface area contributed by atoms with Gasteiger partial charge >= 0.3 is 0 Å². The van der Waals surface area contributed by atoms with Crippen LogP contribution in [0.25, 0.3) is 0 Å². The maximum Gasteiger partial charge on any atom is 0.255 e. The largest absolute Gasteiger partial charge is 0.493 e. The van der Waals surface area contributed by atoms with Crippen LogP contribution in [0, 0.1) is 0 Å². The number of ether oxygens (including phenoxy) is 4. The summed E-state index contributed by atoms with van der Waals surface area (Å²) in [4.78, 5) is 18.4. The van der Waals surface area contributed by atoms with Crippen molar-refractivity contribution in [3.8, 4) is 23.0 Å². The van der Waals surface area contributed by atoms with Crippen LogP contribution < -0.4 is 29.6 Å². The molecule has 6 N–H and O–H groups in total. The molecule has 13 heteroatoms. The van der Waals surface area contributed by atoms with E-state index in [1.54, 1.807) is 38.5 Å². The summed E-state index contributed by atoms with van der Waals surface area (Å²) in [5.41, 5.74) is 6.40. The number of aliphatic hydroxyl groups is 4. The third-order valence-corrected chi connectivity index (χ3v) is 9.17. The van der Waals surface area contributed by atoms with E-state index < -0.39 is 12.3 Å². The Hall–Kier alpha value is -5.34. The number of rotatable bonds is 16. The monoisotopic (exact) mass is 713 g/mol. The first-order chi connectivity index (χ1) is 25.4. The molecule has 2 aliphatic rings. The molecule has 13 nitrogen and oxygen atoms in total. The highest BCUT2D eigenvalue weighted by Crippen LogP contribution is 2.43. The van der Waals surface area contributed by atoms with Crippen molar-refractivity contribution < 1.29 is 49.0 Å². The second-order valence-corrected chi connectivity index (χ2v) is 12.4. The molecule has 0 aromatic heterocycles. The Morgan fingerprint density at radius 1 is 0.750 bits per heavy atom. The van der Waals surface area contributed by atoms with E-state index in [2.05, 4.69) is 15.8 Å². The number of methoxy groups -OCH3 is 2. The summed E-state index contributed by atoms with van der Waals surface area (Å²) >= 11 is 0. The van der Waals surface area contributed by atoms with Crippen molar-refractivity contribution in [1.29, 1.82) is 0 Å². The lowest BCUT2D eigenvalue weighted by Gasteiger charge is -2.28. The molecular formula is C39H43N3O10. The maximum atomic E-state index is 12.6. The number of fused-ring (bicyclic) bond motifs is 1. The Balaban J connectivity index is 1.03. The number of hydrogen-bond donors (Lipinski definition) is 6. The van der Waals surface area contributed by atoms with Crippen molar-refractivity contribution in [2.75, 3.05) is 32.8 Å². The second kappa shape index (κ2) is 16.8. The number of carbonyl (C=O) groups is 1. The molecule has 2 heterocycles. The number of aliphatic hydroxyl groups excluding tert-OH is 4. The number of para-hydroxylation sites is 1. The van der Waals surface area contributed by atoms with E-state index in [9.17, 15) is 25.2 Å². The van der Waals surface area contributed by atoms with Crippen LogP contribution in [0.4, 0.5) is 5.69 Å². The van der Waals surface area contributed by atoms with Crippen LogP contribution in [-0.2, 0) is 31.3 Å². The lowest BCUT2D eigenvalue weighted by molar-refractivity contribution is 0.0852. The standard InChI is InChI=1S/C39H43N3O10/c1-48-35-16-25(34-18-32(42-52-34)24-14-26(19-43)30(22-46)27(15-24)20-44)17-36(49-2)37(35)51-12-6-5-11-50-33-10-9-23(13-28(33)21-45)38-40-31-8-4-3-7-29(31)39(47)41-38/h3-4,7-10,13-17,34,38,40,43-46H,5-6,11-12,18-22H2,1-2H3,(H,41,47). The number of benzene rings is 4. The number of carbonyl (C=O) groups excluding carboxylic acids is 1. The first-order valence-corrected chi connectivity index (χ1v) is 17.0. The van der Waals surface area contributed by atoms with Gasteiger partial charge in [-0.2, -0.15) is 0 Å². The van der Waals surface area contributed by atoms with Crippen molar-refractivity contribution in [2.24, 2.45) is 5.16 Å². The van der Waals surface area contributed by atoms with Gasteiger partial charge in [0.15, 0.2) is 17.6 Å². The fraction of sp³-hybridized carbons (Fsp3) is 0.333. The molecule has 2 unspecified atom stereocenters. The van der Waals surface area contributed by atoms with Crippen molar-refractivity contribution >= 4 is 17.3 Å². The van der Waals surface area contributed by atoms with Gasteiger partial charge in [0, 0.05) is 28.8 Å². The normalized spacial score (nSPS) is 16.3. The molecule has 52 heavy (non-hydrogen) atoms. The molecule has 0 spiro atoms. The minimum atomic E-state index is -0.441. The summed E-state index contributed by atoms with van der Waals surface area (Å²) in [6.07, 6.45) is 0.892. The van der Waals surface area contributed by atoms with Crippen LogP contribution in [0.2, 0.25) is 0 Å². The molecule has 0 saturated heterocycles. The van der Waals surface area contributed by atoms with Gasteiger partial charge in [-0.3, -0.25) is 4.79 Å². The van der Waals surface area contributed by atoms with Crippen LogP contribution >= 0.6 is 0 Å². The second-order valence-electron chi connectivity index (χ2n) is 12.4. The Bertz CT molecular complexity index is 1880. The van der Waals surface area contributed by atoms with Gasteiger partial charge in [0.1, 0.15) is 11.9 Å². The highest BCUT2D eigenvalue weighted by atomic mass is 16.6. The van der Waals surface area contributed by atoms with Crippen molar-refractivity contribution in [3.63, 3.8) is 0 Å². The van der Waals surface area contributed by atoms with Crippen LogP contribution in [0.15, 0.2) is 71.9 Å². The molecule has 6 rings (SSSR count). The summed E-state index contributed by atoms with van der Waals surface area (Å²) in [6, 6.07) is 20.0. The average Bonchev–Trinajstić information content (AvgIpc) is 3.69. The molecule has 0 radical (unpaired) electrons. The van der Waals surface area contributed by atoms with Crippen LogP contribution in [0.3, 0.4) is 0 Å². The summed E-state index contributed by atoms with van der Waals surface area (Å²) in [5, 5.41) is 50.0.